The lowest BCUT2D eigenvalue weighted by molar-refractivity contribution is 0.0784. The number of hydrogen-bond acceptors (Lipinski definition) is 5. The Hall–Kier alpha value is -2.51. The summed E-state index contributed by atoms with van der Waals surface area (Å²) in [6, 6.07) is 9.62. The maximum absolute atomic E-state index is 12.7. The van der Waals surface area contributed by atoms with Gasteiger partial charge in [0.15, 0.2) is 0 Å². The SMILES string of the molecule is Cc1nc2ccc(C(=O)N(C)Cc3csc(-c4cccs4)n3)cc2[nH]1. The van der Waals surface area contributed by atoms with Crippen molar-refractivity contribution in [2.45, 2.75) is 13.5 Å². The molecule has 0 aliphatic carbocycles. The van der Waals surface area contributed by atoms with Crippen molar-refractivity contribution in [2.24, 2.45) is 0 Å². The van der Waals surface area contributed by atoms with E-state index >= 15 is 0 Å². The molecule has 3 heterocycles. The first-order valence-electron chi connectivity index (χ1n) is 7.80. The fraction of sp³-hybridized carbons (Fsp3) is 0.167. The van der Waals surface area contributed by atoms with Crippen molar-refractivity contribution in [1.29, 1.82) is 0 Å². The van der Waals surface area contributed by atoms with Crippen LogP contribution in [0.25, 0.3) is 20.9 Å². The highest BCUT2D eigenvalue weighted by Gasteiger charge is 2.15. The second-order valence-corrected chi connectivity index (χ2v) is 7.64. The van der Waals surface area contributed by atoms with E-state index in [0.29, 0.717) is 12.1 Å². The Bertz CT molecular complexity index is 1030. The molecule has 0 fully saturated rings. The number of thiophene rings is 1. The van der Waals surface area contributed by atoms with Gasteiger partial charge in [-0.3, -0.25) is 4.79 Å². The zero-order valence-electron chi connectivity index (χ0n) is 13.8. The molecule has 0 bridgehead atoms. The van der Waals surface area contributed by atoms with Crippen LogP contribution in [-0.2, 0) is 6.54 Å². The summed E-state index contributed by atoms with van der Waals surface area (Å²) in [6.45, 7) is 2.39. The van der Waals surface area contributed by atoms with E-state index in [2.05, 4.69) is 21.0 Å². The molecule has 3 aromatic heterocycles. The number of imidazole rings is 1. The van der Waals surface area contributed by atoms with Crippen LogP contribution in [0.15, 0.2) is 41.1 Å². The quantitative estimate of drug-likeness (QED) is 0.583. The van der Waals surface area contributed by atoms with Gasteiger partial charge < -0.3 is 9.88 Å². The largest absolute Gasteiger partial charge is 0.342 e. The Morgan fingerprint density at radius 1 is 1.24 bits per heavy atom. The van der Waals surface area contributed by atoms with E-state index in [0.717, 1.165) is 32.4 Å². The molecule has 126 valence electrons. The number of carbonyl (C=O) groups excluding carboxylic acids is 1. The molecule has 4 rings (SSSR count). The molecule has 7 heteroatoms. The maximum Gasteiger partial charge on any atom is 0.254 e. The highest BCUT2D eigenvalue weighted by atomic mass is 32.1. The number of thiazole rings is 1. The van der Waals surface area contributed by atoms with Crippen molar-refractivity contribution in [1.82, 2.24) is 19.9 Å². The second kappa shape index (κ2) is 6.42. The molecule has 1 aromatic carbocycles. The summed E-state index contributed by atoms with van der Waals surface area (Å²) in [5.74, 6) is 0.816. The van der Waals surface area contributed by atoms with Gasteiger partial charge in [0.25, 0.3) is 5.91 Å². The molecule has 1 amide bonds. The molecule has 1 N–H and O–H groups in total. The molecular formula is C18H16N4OS2. The molecule has 25 heavy (non-hydrogen) atoms. The maximum atomic E-state index is 12.7. The number of aryl methyl sites for hydroxylation is 1. The highest BCUT2D eigenvalue weighted by Crippen LogP contribution is 2.28. The Morgan fingerprint density at radius 2 is 2.12 bits per heavy atom. The molecule has 4 aromatic rings. The number of aromatic amines is 1. The van der Waals surface area contributed by atoms with Crippen molar-refractivity contribution in [3.63, 3.8) is 0 Å². The first-order valence-corrected chi connectivity index (χ1v) is 9.56. The van der Waals surface area contributed by atoms with Crippen LogP contribution in [0.4, 0.5) is 0 Å². The van der Waals surface area contributed by atoms with Gasteiger partial charge in [0.05, 0.1) is 28.1 Å². The molecule has 0 atom stereocenters. The Kier molecular flexibility index (Phi) is 4.10. The zero-order chi connectivity index (χ0) is 17.4. The summed E-state index contributed by atoms with van der Waals surface area (Å²) in [5.41, 5.74) is 3.30. The molecule has 0 aliphatic rings. The number of amides is 1. The molecule has 0 saturated carbocycles. The first kappa shape index (κ1) is 16.0. The number of carbonyl (C=O) groups is 1. The standard InChI is InChI=1S/C18H16N4OS2/c1-11-19-14-6-5-12(8-15(14)20-11)18(23)22(2)9-13-10-25-17(21-13)16-4-3-7-24-16/h3-8,10H,9H2,1-2H3,(H,19,20). The van der Waals surface area contributed by atoms with Gasteiger partial charge in [0.1, 0.15) is 10.8 Å². The summed E-state index contributed by atoms with van der Waals surface area (Å²) in [7, 11) is 1.80. The Balaban J connectivity index is 1.51. The number of benzene rings is 1. The average molecular weight is 368 g/mol. The van der Waals surface area contributed by atoms with E-state index in [1.807, 2.05) is 41.9 Å². The third kappa shape index (κ3) is 3.20. The minimum atomic E-state index is -0.0279. The van der Waals surface area contributed by atoms with E-state index in [1.54, 1.807) is 34.6 Å². The van der Waals surface area contributed by atoms with Crippen LogP contribution in [0, 0.1) is 6.92 Å². The monoisotopic (exact) mass is 368 g/mol. The van der Waals surface area contributed by atoms with Crippen LogP contribution in [0.1, 0.15) is 21.9 Å². The average Bonchev–Trinajstić information content (AvgIpc) is 3.32. The van der Waals surface area contributed by atoms with E-state index in [1.165, 1.54) is 0 Å². The van der Waals surface area contributed by atoms with E-state index in [-0.39, 0.29) is 5.91 Å². The topological polar surface area (TPSA) is 61.9 Å². The number of fused-ring (bicyclic) bond motifs is 1. The van der Waals surface area contributed by atoms with Crippen molar-refractivity contribution in [3.05, 3.63) is 58.2 Å². The van der Waals surface area contributed by atoms with Gasteiger partial charge in [-0.1, -0.05) is 6.07 Å². The third-order valence-electron chi connectivity index (χ3n) is 3.88. The Labute approximate surface area is 153 Å². The lowest BCUT2D eigenvalue weighted by Gasteiger charge is -2.15. The molecular weight excluding hydrogens is 352 g/mol. The van der Waals surface area contributed by atoms with Crippen LogP contribution in [0.3, 0.4) is 0 Å². The number of nitrogens with zero attached hydrogens (tertiary/aromatic N) is 3. The number of H-pyrrole nitrogens is 1. The number of aromatic nitrogens is 3. The van der Waals surface area contributed by atoms with Gasteiger partial charge in [-0.15, -0.1) is 22.7 Å². The van der Waals surface area contributed by atoms with E-state index < -0.39 is 0 Å². The summed E-state index contributed by atoms with van der Waals surface area (Å²) in [4.78, 5) is 27.7. The van der Waals surface area contributed by atoms with E-state index in [9.17, 15) is 4.79 Å². The first-order chi connectivity index (χ1) is 12.1. The van der Waals surface area contributed by atoms with Crippen LogP contribution in [0.5, 0.6) is 0 Å². The Morgan fingerprint density at radius 3 is 2.92 bits per heavy atom. The molecule has 0 radical (unpaired) electrons. The summed E-state index contributed by atoms with van der Waals surface area (Å²) in [5, 5.41) is 5.06. The summed E-state index contributed by atoms with van der Waals surface area (Å²) in [6.07, 6.45) is 0. The molecule has 0 saturated heterocycles. The number of hydrogen-bond donors (Lipinski definition) is 1. The van der Waals surface area contributed by atoms with Gasteiger partial charge in [0.2, 0.25) is 0 Å². The zero-order valence-corrected chi connectivity index (χ0v) is 15.4. The molecule has 0 unspecified atom stereocenters. The van der Waals surface area contributed by atoms with Crippen molar-refractivity contribution in [2.75, 3.05) is 7.05 Å². The number of rotatable bonds is 4. The van der Waals surface area contributed by atoms with Gasteiger partial charge in [-0.25, -0.2) is 9.97 Å². The van der Waals surface area contributed by atoms with Crippen molar-refractivity contribution >= 4 is 39.6 Å². The predicted octanol–water partition coefficient (Wildman–Crippen LogP) is 4.33. The molecule has 0 aliphatic heterocycles. The van der Waals surface area contributed by atoms with Crippen LogP contribution in [-0.4, -0.2) is 32.8 Å². The van der Waals surface area contributed by atoms with Crippen LogP contribution >= 0.6 is 22.7 Å². The minimum Gasteiger partial charge on any atom is -0.342 e. The summed E-state index contributed by atoms with van der Waals surface area (Å²) >= 11 is 3.28. The van der Waals surface area contributed by atoms with Gasteiger partial charge >= 0.3 is 0 Å². The normalized spacial score (nSPS) is 11.1. The minimum absolute atomic E-state index is 0.0279. The lowest BCUT2D eigenvalue weighted by atomic mass is 10.2. The van der Waals surface area contributed by atoms with Crippen molar-refractivity contribution in [3.8, 4) is 9.88 Å². The molecule has 0 spiro atoms. The van der Waals surface area contributed by atoms with Gasteiger partial charge in [-0.2, -0.15) is 0 Å². The summed E-state index contributed by atoms with van der Waals surface area (Å²) < 4.78 is 0. The highest BCUT2D eigenvalue weighted by molar-refractivity contribution is 7.20. The fourth-order valence-electron chi connectivity index (χ4n) is 2.70. The second-order valence-electron chi connectivity index (χ2n) is 5.84. The van der Waals surface area contributed by atoms with Crippen LogP contribution < -0.4 is 0 Å². The smallest absolute Gasteiger partial charge is 0.254 e. The predicted molar refractivity (Wildman–Crippen MR) is 102 cm³/mol. The van der Waals surface area contributed by atoms with Gasteiger partial charge in [-0.05, 0) is 36.6 Å². The van der Waals surface area contributed by atoms with Crippen LogP contribution in [0.2, 0.25) is 0 Å². The third-order valence-corrected chi connectivity index (χ3v) is 5.81. The van der Waals surface area contributed by atoms with E-state index in [4.69, 9.17) is 0 Å². The van der Waals surface area contributed by atoms with Crippen molar-refractivity contribution < 1.29 is 4.79 Å². The number of nitrogens with one attached hydrogen (secondary N) is 1. The lowest BCUT2D eigenvalue weighted by Crippen LogP contribution is -2.26. The molecule has 5 nitrogen and oxygen atoms in total. The fourth-order valence-corrected chi connectivity index (χ4v) is 4.32. The van der Waals surface area contributed by atoms with Gasteiger partial charge in [0, 0.05) is 18.0 Å².